The monoisotopic (exact) mass is 287 g/mol. The van der Waals surface area contributed by atoms with Crippen molar-refractivity contribution in [1.82, 2.24) is 0 Å². The largest absolute Gasteiger partial charge is 0.454 e. The molecule has 2 unspecified atom stereocenters. The highest BCUT2D eigenvalue weighted by molar-refractivity contribution is 5.67. The van der Waals surface area contributed by atoms with Crippen molar-refractivity contribution in [3.8, 4) is 0 Å². The van der Waals surface area contributed by atoms with Crippen LogP contribution in [0.3, 0.4) is 0 Å². The van der Waals surface area contributed by atoms with Gasteiger partial charge in [0.05, 0.1) is 0 Å². The fourth-order valence-corrected chi connectivity index (χ4v) is 2.41. The Morgan fingerprint density at radius 1 is 1.43 bits per heavy atom. The maximum atomic E-state index is 11.3. The molecule has 2 atom stereocenters. The van der Waals surface area contributed by atoms with Gasteiger partial charge >= 0.3 is 5.97 Å². The second kappa shape index (κ2) is 6.70. The lowest BCUT2D eigenvalue weighted by atomic mass is 9.90. The summed E-state index contributed by atoms with van der Waals surface area (Å²) in [7, 11) is 0. The van der Waals surface area contributed by atoms with Crippen LogP contribution in [0.1, 0.15) is 25.8 Å². The van der Waals surface area contributed by atoms with E-state index in [4.69, 9.17) is 15.2 Å². The lowest BCUT2D eigenvalue weighted by molar-refractivity contribution is -0.143. The molecule has 2 rings (SSSR count). The van der Waals surface area contributed by atoms with Crippen molar-refractivity contribution in [2.75, 3.05) is 6.61 Å². The SMILES string of the molecule is CCOC1(N)C=CC(OC(C)=O)C(=Cc2ccccc2)C1. The summed E-state index contributed by atoms with van der Waals surface area (Å²) in [6, 6.07) is 9.87. The van der Waals surface area contributed by atoms with Crippen LogP contribution < -0.4 is 5.73 Å². The van der Waals surface area contributed by atoms with Gasteiger partial charge in [-0.3, -0.25) is 10.5 Å². The minimum Gasteiger partial charge on any atom is -0.454 e. The van der Waals surface area contributed by atoms with Crippen LogP contribution in [0.25, 0.3) is 6.08 Å². The minimum absolute atomic E-state index is 0.315. The van der Waals surface area contributed by atoms with E-state index in [2.05, 4.69) is 0 Å². The molecule has 0 aliphatic heterocycles. The van der Waals surface area contributed by atoms with Gasteiger partial charge in [-0.15, -0.1) is 0 Å². The highest BCUT2D eigenvalue weighted by Gasteiger charge is 2.32. The first-order chi connectivity index (χ1) is 10.0. The third-order valence-electron chi connectivity index (χ3n) is 3.26. The van der Waals surface area contributed by atoms with Gasteiger partial charge in [0.1, 0.15) is 11.8 Å². The van der Waals surface area contributed by atoms with Crippen LogP contribution in [0.4, 0.5) is 0 Å². The Morgan fingerprint density at radius 3 is 2.76 bits per heavy atom. The molecule has 0 radical (unpaired) electrons. The van der Waals surface area contributed by atoms with Crippen molar-refractivity contribution in [2.45, 2.75) is 32.1 Å². The second-order valence-electron chi connectivity index (χ2n) is 5.08. The van der Waals surface area contributed by atoms with Gasteiger partial charge < -0.3 is 9.47 Å². The fourth-order valence-electron chi connectivity index (χ4n) is 2.41. The molecule has 0 bridgehead atoms. The van der Waals surface area contributed by atoms with Gasteiger partial charge in [-0.1, -0.05) is 36.4 Å². The van der Waals surface area contributed by atoms with Crippen molar-refractivity contribution in [2.24, 2.45) is 5.73 Å². The Hall–Kier alpha value is -1.91. The Balaban J connectivity index is 2.31. The van der Waals surface area contributed by atoms with Gasteiger partial charge in [0.2, 0.25) is 0 Å². The second-order valence-corrected chi connectivity index (χ2v) is 5.08. The van der Waals surface area contributed by atoms with Crippen molar-refractivity contribution in [1.29, 1.82) is 0 Å². The van der Waals surface area contributed by atoms with Crippen molar-refractivity contribution in [3.05, 3.63) is 53.6 Å². The number of benzene rings is 1. The van der Waals surface area contributed by atoms with Gasteiger partial charge in [0.15, 0.2) is 0 Å². The Labute approximate surface area is 125 Å². The van der Waals surface area contributed by atoms with E-state index in [9.17, 15) is 4.79 Å². The molecular formula is C17H21NO3. The molecule has 0 fully saturated rings. The molecule has 4 nitrogen and oxygen atoms in total. The molecule has 112 valence electrons. The topological polar surface area (TPSA) is 61.6 Å². The number of hydrogen-bond acceptors (Lipinski definition) is 4. The van der Waals surface area contributed by atoms with Gasteiger partial charge in [0, 0.05) is 20.0 Å². The van der Waals surface area contributed by atoms with Crippen LogP contribution >= 0.6 is 0 Å². The molecular weight excluding hydrogens is 266 g/mol. The summed E-state index contributed by atoms with van der Waals surface area (Å²) in [5.41, 5.74) is 7.34. The Kier molecular flexibility index (Phi) is 4.94. The third kappa shape index (κ3) is 4.28. The summed E-state index contributed by atoms with van der Waals surface area (Å²) in [5, 5.41) is 0. The van der Waals surface area contributed by atoms with Gasteiger partial charge in [-0.25, -0.2) is 0 Å². The summed E-state index contributed by atoms with van der Waals surface area (Å²) in [5.74, 6) is -0.315. The first-order valence-corrected chi connectivity index (χ1v) is 7.07. The summed E-state index contributed by atoms with van der Waals surface area (Å²) >= 11 is 0. The maximum Gasteiger partial charge on any atom is 0.303 e. The summed E-state index contributed by atoms with van der Waals surface area (Å²) in [4.78, 5) is 11.3. The highest BCUT2D eigenvalue weighted by atomic mass is 16.5. The summed E-state index contributed by atoms with van der Waals surface area (Å²) < 4.78 is 10.9. The van der Waals surface area contributed by atoms with E-state index >= 15 is 0 Å². The van der Waals surface area contributed by atoms with Gasteiger partial charge in [-0.2, -0.15) is 0 Å². The molecule has 0 spiro atoms. The van der Waals surface area contributed by atoms with Crippen LogP contribution in [0, 0.1) is 0 Å². The molecule has 21 heavy (non-hydrogen) atoms. The molecule has 0 aromatic heterocycles. The Morgan fingerprint density at radius 2 is 2.14 bits per heavy atom. The average Bonchev–Trinajstić information content (AvgIpc) is 2.43. The van der Waals surface area contributed by atoms with Crippen molar-refractivity contribution < 1.29 is 14.3 Å². The summed E-state index contributed by atoms with van der Waals surface area (Å²) in [6.45, 7) is 3.83. The molecule has 0 saturated heterocycles. The molecule has 0 saturated carbocycles. The lowest BCUT2D eigenvalue weighted by Gasteiger charge is -2.33. The quantitative estimate of drug-likeness (QED) is 0.525. The van der Waals surface area contributed by atoms with Crippen LogP contribution in [-0.2, 0) is 14.3 Å². The number of carbonyl (C=O) groups excluding carboxylic acids is 1. The van der Waals surface area contributed by atoms with E-state index in [1.165, 1.54) is 6.92 Å². The van der Waals surface area contributed by atoms with Crippen molar-refractivity contribution >= 4 is 12.0 Å². The predicted molar refractivity (Wildman–Crippen MR) is 82.3 cm³/mol. The molecule has 1 aromatic carbocycles. The zero-order valence-corrected chi connectivity index (χ0v) is 12.4. The summed E-state index contributed by atoms with van der Waals surface area (Å²) in [6.07, 6.45) is 5.66. The molecule has 1 aromatic rings. The normalized spacial score (nSPS) is 26.8. The zero-order chi connectivity index (χ0) is 15.3. The maximum absolute atomic E-state index is 11.3. The zero-order valence-electron chi connectivity index (χ0n) is 12.4. The minimum atomic E-state index is -0.841. The molecule has 2 N–H and O–H groups in total. The van der Waals surface area contributed by atoms with E-state index in [0.717, 1.165) is 11.1 Å². The highest BCUT2D eigenvalue weighted by Crippen LogP contribution is 2.29. The van der Waals surface area contributed by atoms with E-state index in [-0.39, 0.29) is 12.1 Å². The van der Waals surface area contributed by atoms with Crippen LogP contribution in [0.15, 0.2) is 48.1 Å². The molecule has 4 heteroatoms. The molecule has 1 aliphatic rings. The first-order valence-electron chi connectivity index (χ1n) is 7.07. The van der Waals surface area contributed by atoms with Crippen LogP contribution in [-0.4, -0.2) is 24.4 Å². The van der Waals surface area contributed by atoms with E-state index in [1.807, 2.05) is 43.3 Å². The first kappa shape index (κ1) is 15.5. The van der Waals surface area contributed by atoms with E-state index in [1.54, 1.807) is 12.2 Å². The van der Waals surface area contributed by atoms with E-state index < -0.39 is 5.72 Å². The number of hydrogen-bond donors (Lipinski definition) is 1. The molecule has 0 heterocycles. The molecule has 1 aliphatic carbocycles. The fraction of sp³-hybridized carbons (Fsp3) is 0.353. The van der Waals surface area contributed by atoms with Crippen molar-refractivity contribution in [3.63, 3.8) is 0 Å². The van der Waals surface area contributed by atoms with Crippen LogP contribution in [0.5, 0.6) is 0 Å². The smallest absolute Gasteiger partial charge is 0.303 e. The number of nitrogens with two attached hydrogens (primary N) is 1. The van der Waals surface area contributed by atoms with Gasteiger partial charge in [-0.05, 0) is 30.2 Å². The molecule has 0 amide bonds. The number of rotatable bonds is 4. The Bertz CT molecular complexity index is 550. The lowest BCUT2D eigenvalue weighted by Crippen LogP contribution is -2.45. The van der Waals surface area contributed by atoms with E-state index in [0.29, 0.717) is 13.0 Å². The van der Waals surface area contributed by atoms with Gasteiger partial charge in [0.25, 0.3) is 0 Å². The predicted octanol–water partition coefficient (Wildman–Crippen LogP) is 2.65. The third-order valence-corrected chi connectivity index (χ3v) is 3.26. The van der Waals surface area contributed by atoms with Crippen LogP contribution in [0.2, 0.25) is 0 Å². The average molecular weight is 287 g/mol. The standard InChI is InChI=1S/C17H21NO3/c1-3-20-17(18)10-9-16(21-13(2)19)15(12-17)11-14-7-5-4-6-8-14/h4-11,16H,3,12,18H2,1-2H3. The number of esters is 1. The number of carbonyl (C=O) groups is 1. The number of ether oxygens (including phenoxy) is 2.